The van der Waals surface area contributed by atoms with Crippen molar-refractivity contribution in [1.29, 1.82) is 0 Å². The predicted molar refractivity (Wildman–Crippen MR) is 75.0 cm³/mol. The Hall–Kier alpha value is -0.140. The normalized spacial score (nSPS) is 19.4. The molecule has 2 N–H and O–H groups in total. The van der Waals surface area contributed by atoms with E-state index in [1.54, 1.807) is 11.3 Å². The maximum Gasteiger partial charge on any atom is 0.252 e. The van der Waals surface area contributed by atoms with Crippen LogP contribution >= 0.6 is 33.9 Å². The van der Waals surface area contributed by atoms with Crippen molar-refractivity contribution in [3.8, 4) is 0 Å². The van der Waals surface area contributed by atoms with Crippen LogP contribution in [-0.2, 0) is 0 Å². The summed E-state index contributed by atoms with van der Waals surface area (Å²) in [7, 11) is 0. The highest BCUT2D eigenvalue weighted by Crippen LogP contribution is 2.20. The van der Waals surface area contributed by atoms with Crippen LogP contribution in [0.3, 0.4) is 0 Å². The first-order valence-electron chi connectivity index (χ1n) is 5.36. The number of amides is 1. The van der Waals surface area contributed by atoms with Gasteiger partial charge in [-0.15, -0.1) is 11.3 Å². The largest absolute Gasteiger partial charge is 0.347 e. The van der Waals surface area contributed by atoms with Gasteiger partial charge in [-0.05, 0) is 61.5 Å². The molecule has 0 aliphatic carbocycles. The maximum atomic E-state index is 12.0. The van der Waals surface area contributed by atoms with E-state index in [0.717, 1.165) is 34.4 Å². The smallest absolute Gasteiger partial charge is 0.252 e. The highest BCUT2D eigenvalue weighted by Gasteiger charge is 2.28. The number of carbonyl (C=O) groups excluding carboxylic acids is 1. The van der Waals surface area contributed by atoms with Crippen molar-refractivity contribution >= 4 is 39.8 Å². The van der Waals surface area contributed by atoms with Gasteiger partial charge in [0.1, 0.15) is 0 Å². The monoisotopic (exact) mass is 350 g/mol. The Labute approximate surface area is 113 Å². The SMILES string of the molecule is CC1(NC(=O)c2csc(I)c2)CCNCC1. The second kappa shape index (κ2) is 5.01. The van der Waals surface area contributed by atoms with Crippen molar-refractivity contribution in [3.05, 3.63) is 19.9 Å². The second-order valence-corrected chi connectivity index (χ2v) is 7.21. The van der Waals surface area contributed by atoms with E-state index in [-0.39, 0.29) is 11.4 Å². The van der Waals surface area contributed by atoms with Crippen LogP contribution in [0, 0.1) is 2.88 Å². The van der Waals surface area contributed by atoms with Crippen LogP contribution in [0.5, 0.6) is 0 Å². The van der Waals surface area contributed by atoms with Gasteiger partial charge in [0.25, 0.3) is 5.91 Å². The first kappa shape index (κ1) is 12.3. The lowest BCUT2D eigenvalue weighted by Crippen LogP contribution is -2.52. The molecule has 2 heterocycles. The van der Waals surface area contributed by atoms with Gasteiger partial charge < -0.3 is 10.6 Å². The summed E-state index contributed by atoms with van der Waals surface area (Å²) in [4.78, 5) is 12.0. The van der Waals surface area contributed by atoms with E-state index in [9.17, 15) is 4.79 Å². The van der Waals surface area contributed by atoms with Gasteiger partial charge in [-0.3, -0.25) is 4.79 Å². The lowest BCUT2D eigenvalue weighted by molar-refractivity contribution is 0.0888. The van der Waals surface area contributed by atoms with Crippen LogP contribution in [0.25, 0.3) is 0 Å². The Kier molecular flexibility index (Phi) is 3.86. The predicted octanol–water partition coefficient (Wildman–Crippen LogP) is 2.22. The molecule has 1 aliphatic rings. The Morgan fingerprint density at radius 3 is 2.81 bits per heavy atom. The summed E-state index contributed by atoms with van der Waals surface area (Å²) >= 11 is 3.84. The molecule has 0 unspecified atom stereocenters. The van der Waals surface area contributed by atoms with Crippen molar-refractivity contribution in [1.82, 2.24) is 10.6 Å². The molecule has 0 atom stereocenters. The fraction of sp³-hybridized carbons (Fsp3) is 0.545. The molecular formula is C11H15IN2OS. The van der Waals surface area contributed by atoms with Crippen molar-refractivity contribution in [2.45, 2.75) is 25.3 Å². The standard InChI is InChI=1S/C11H15IN2OS/c1-11(2-4-13-5-3-11)14-10(15)8-6-9(12)16-7-8/h6-7,13H,2-5H2,1H3,(H,14,15). The van der Waals surface area contributed by atoms with E-state index in [1.807, 2.05) is 11.4 Å². The van der Waals surface area contributed by atoms with Crippen molar-refractivity contribution in [3.63, 3.8) is 0 Å². The zero-order chi connectivity index (χ0) is 11.6. The number of hydrogen-bond donors (Lipinski definition) is 2. The summed E-state index contributed by atoms with van der Waals surface area (Å²) in [5.74, 6) is 0.0589. The van der Waals surface area contributed by atoms with Crippen molar-refractivity contribution in [2.75, 3.05) is 13.1 Å². The molecule has 1 aromatic heterocycles. The van der Waals surface area contributed by atoms with Gasteiger partial charge in [-0.25, -0.2) is 0 Å². The third kappa shape index (κ3) is 2.95. The van der Waals surface area contributed by atoms with Gasteiger partial charge in [-0.1, -0.05) is 0 Å². The Morgan fingerprint density at radius 2 is 2.25 bits per heavy atom. The highest BCUT2D eigenvalue weighted by molar-refractivity contribution is 14.1. The highest BCUT2D eigenvalue weighted by atomic mass is 127. The van der Waals surface area contributed by atoms with Crippen molar-refractivity contribution < 1.29 is 4.79 Å². The van der Waals surface area contributed by atoms with E-state index in [4.69, 9.17) is 0 Å². The number of thiophene rings is 1. The minimum absolute atomic E-state index is 0.0459. The third-order valence-corrected chi connectivity index (χ3v) is 4.74. The quantitative estimate of drug-likeness (QED) is 0.804. The molecule has 1 aromatic rings. The molecule has 0 radical (unpaired) electrons. The zero-order valence-electron chi connectivity index (χ0n) is 9.18. The number of hydrogen-bond acceptors (Lipinski definition) is 3. The van der Waals surface area contributed by atoms with Gasteiger partial charge in [0.05, 0.1) is 8.45 Å². The minimum Gasteiger partial charge on any atom is -0.347 e. The zero-order valence-corrected chi connectivity index (χ0v) is 12.2. The molecule has 0 aromatic carbocycles. The van der Waals surface area contributed by atoms with E-state index < -0.39 is 0 Å². The van der Waals surface area contributed by atoms with Gasteiger partial charge in [-0.2, -0.15) is 0 Å². The summed E-state index contributed by atoms with van der Waals surface area (Å²) in [5.41, 5.74) is 0.740. The van der Waals surface area contributed by atoms with E-state index in [0.29, 0.717) is 0 Å². The maximum absolute atomic E-state index is 12.0. The second-order valence-electron chi connectivity index (χ2n) is 4.40. The number of piperidine rings is 1. The molecule has 1 fully saturated rings. The molecule has 3 nitrogen and oxygen atoms in total. The van der Waals surface area contributed by atoms with Crippen LogP contribution in [-0.4, -0.2) is 24.5 Å². The van der Waals surface area contributed by atoms with E-state index >= 15 is 0 Å². The number of halogens is 1. The Balaban J connectivity index is 2.01. The molecule has 1 aliphatic heterocycles. The molecule has 0 spiro atoms. The molecule has 16 heavy (non-hydrogen) atoms. The minimum atomic E-state index is -0.0459. The number of rotatable bonds is 2. The molecule has 2 rings (SSSR count). The molecule has 1 saturated heterocycles. The lowest BCUT2D eigenvalue weighted by atomic mass is 9.90. The van der Waals surface area contributed by atoms with Gasteiger partial charge in [0.2, 0.25) is 0 Å². The summed E-state index contributed by atoms with van der Waals surface area (Å²) in [5, 5.41) is 8.37. The van der Waals surface area contributed by atoms with E-state index in [1.165, 1.54) is 0 Å². The first-order valence-corrected chi connectivity index (χ1v) is 7.32. The molecule has 0 saturated carbocycles. The van der Waals surface area contributed by atoms with Crippen LogP contribution in [0.2, 0.25) is 0 Å². The molecule has 88 valence electrons. The van der Waals surface area contributed by atoms with Crippen LogP contribution in [0.1, 0.15) is 30.1 Å². The molecular weight excluding hydrogens is 335 g/mol. The average Bonchev–Trinajstić information content (AvgIpc) is 2.65. The fourth-order valence-electron chi connectivity index (χ4n) is 1.88. The lowest BCUT2D eigenvalue weighted by Gasteiger charge is -2.34. The fourth-order valence-corrected chi connectivity index (χ4v) is 3.21. The molecule has 5 heteroatoms. The number of carbonyl (C=O) groups is 1. The first-order chi connectivity index (χ1) is 7.59. The van der Waals surface area contributed by atoms with Crippen LogP contribution in [0.4, 0.5) is 0 Å². The topological polar surface area (TPSA) is 41.1 Å². The van der Waals surface area contributed by atoms with E-state index in [2.05, 4.69) is 40.1 Å². The number of nitrogens with one attached hydrogen (secondary N) is 2. The summed E-state index contributed by atoms with van der Waals surface area (Å²) in [6.45, 7) is 4.10. The summed E-state index contributed by atoms with van der Waals surface area (Å²) < 4.78 is 1.15. The summed E-state index contributed by atoms with van der Waals surface area (Å²) in [6, 6.07) is 1.94. The van der Waals surface area contributed by atoms with Gasteiger partial charge >= 0.3 is 0 Å². The average molecular weight is 350 g/mol. The van der Waals surface area contributed by atoms with Crippen molar-refractivity contribution in [2.24, 2.45) is 0 Å². The Bertz CT molecular complexity index is 385. The molecule has 0 bridgehead atoms. The van der Waals surface area contributed by atoms with Crippen LogP contribution in [0.15, 0.2) is 11.4 Å². The Morgan fingerprint density at radius 1 is 1.56 bits per heavy atom. The van der Waals surface area contributed by atoms with Crippen LogP contribution < -0.4 is 10.6 Å². The summed E-state index contributed by atoms with van der Waals surface area (Å²) in [6.07, 6.45) is 2.00. The van der Waals surface area contributed by atoms with Gasteiger partial charge in [0, 0.05) is 10.9 Å². The molecule has 1 amide bonds. The van der Waals surface area contributed by atoms with Gasteiger partial charge in [0.15, 0.2) is 0 Å². The third-order valence-electron chi connectivity index (χ3n) is 2.95.